The largest absolute Gasteiger partial charge is 0.422 e. The molecule has 1 amide bonds. The molecule has 4 aromatic carbocycles. The van der Waals surface area contributed by atoms with Gasteiger partial charge in [-0.05, 0) is 52.7 Å². The summed E-state index contributed by atoms with van der Waals surface area (Å²) in [5.74, 6) is -0.205. The number of benzene rings is 4. The van der Waals surface area contributed by atoms with Crippen LogP contribution in [0.3, 0.4) is 0 Å². The Bertz CT molecular complexity index is 1470. The van der Waals surface area contributed by atoms with E-state index in [0.717, 1.165) is 16.2 Å². The summed E-state index contributed by atoms with van der Waals surface area (Å²) in [6, 6.07) is 29.9. The summed E-state index contributed by atoms with van der Waals surface area (Å²) >= 11 is 0. The second-order valence-electron chi connectivity index (χ2n) is 7.08. The van der Waals surface area contributed by atoms with E-state index < -0.39 is 5.63 Å². The normalized spacial score (nSPS) is 10.9. The summed E-state index contributed by atoms with van der Waals surface area (Å²) in [4.78, 5) is 25.2. The molecule has 0 saturated carbocycles. The molecule has 0 fully saturated rings. The van der Waals surface area contributed by atoms with Crippen LogP contribution in [0.25, 0.3) is 32.9 Å². The van der Waals surface area contributed by atoms with Crippen molar-refractivity contribution in [3.8, 4) is 11.1 Å². The smallest absolute Gasteiger partial charge is 0.344 e. The Hall–Kier alpha value is -4.18. The highest BCUT2D eigenvalue weighted by Gasteiger charge is 2.11. The molecule has 1 N–H and O–H groups in total. The van der Waals surface area contributed by atoms with E-state index in [9.17, 15) is 9.59 Å². The van der Waals surface area contributed by atoms with Gasteiger partial charge in [-0.25, -0.2) is 4.79 Å². The lowest BCUT2D eigenvalue weighted by molar-refractivity contribution is 0.102. The summed E-state index contributed by atoms with van der Waals surface area (Å²) in [5.41, 5.74) is 2.46. The van der Waals surface area contributed by atoms with Crippen LogP contribution in [-0.2, 0) is 0 Å². The molecule has 0 unspecified atom stereocenters. The maximum Gasteiger partial charge on any atom is 0.344 e. The van der Waals surface area contributed by atoms with Gasteiger partial charge in [0.25, 0.3) is 5.91 Å². The topological polar surface area (TPSA) is 59.3 Å². The van der Waals surface area contributed by atoms with Gasteiger partial charge >= 0.3 is 5.63 Å². The Morgan fingerprint density at radius 1 is 0.700 bits per heavy atom. The zero-order valence-corrected chi connectivity index (χ0v) is 16.0. The van der Waals surface area contributed by atoms with Crippen LogP contribution in [0.15, 0.2) is 106 Å². The van der Waals surface area contributed by atoms with Crippen LogP contribution < -0.4 is 10.9 Å². The molecule has 1 aromatic heterocycles. The van der Waals surface area contributed by atoms with E-state index in [2.05, 4.69) is 5.32 Å². The zero-order valence-electron chi connectivity index (χ0n) is 16.0. The zero-order chi connectivity index (χ0) is 20.5. The SMILES string of the molecule is O=C(Nc1cccc(-c2cc3ccccc3oc2=O)c1)c1ccc2ccccc2c1. The molecule has 4 heteroatoms. The van der Waals surface area contributed by atoms with Gasteiger partial charge in [-0.1, -0.05) is 60.7 Å². The summed E-state index contributed by atoms with van der Waals surface area (Å²) in [6.45, 7) is 0. The highest BCUT2D eigenvalue weighted by Crippen LogP contribution is 2.24. The molecule has 5 aromatic rings. The molecule has 0 saturated heterocycles. The van der Waals surface area contributed by atoms with Crippen molar-refractivity contribution in [2.75, 3.05) is 5.32 Å². The molecular weight excluding hydrogens is 374 g/mol. The molecule has 30 heavy (non-hydrogen) atoms. The Labute approximate surface area is 172 Å². The van der Waals surface area contributed by atoms with Gasteiger partial charge in [0.1, 0.15) is 5.58 Å². The second kappa shape index (κ2) is 7.33. The minimum absolute atomic E-state index is 0.205. The van der Waals surface area contributed by atoms with Gasteiger partial charge in [-0.3, -0.25) is 4.79 Å². The van der Waals surface area contributed by atoms with E-state index in [0.29, 0.717) is 28.0 Å². The molecule has 0 bridgehead atoms. The minimum atomic E-state index is -0.410. The van der Waals surface area contributed by atoms with Crippen molar-refractivity contribution in [2.45, 2.75) is 0 Å². The van der Waals surface area contributed by atoms with Gasteiger partial charge in [0.2, 0.25) is 0 Å². The van der Waals surface area contributed by atoms with Gasteiger partial charge in [0.15, 0.2) is 0 Å². The van der Waals surface area contributed by atoms with E-state index in [1.54, 1.807) is 30.3 Å². The van der Waals surface area contributed by atoms with Crippen molar-refractivity contribution in [1.82, 2.24) is 0 Å². The van der Waals surface area contributed by atoms with Gasteiger partial charge in [0, 0.05) is 16.6 Å². The first-order valence-electron chi connectivity index (χ1n) is 9.61. The lowest BCUT2D eigenvalue weighted by Crippen LogP contribution is -2.12. The second-order valence-corrected chi connectivity index (χ2v) is 7.08. The van der Waals surface area contributed by atoms with E-state index in [4.69, 9.17) is 4.42 Å². The fraction of sp³-hybridized carbons (Fsp3) is 0. The third-order valence-corrected chi connectivity index (χ3v) is 5.08. The maximum atomic E-state index is 12.8. The highest BCUT2D eigenvalue weighted by molar-refractivity contribution is 6.06. The molecular formula is C26H17NO3. The van der Waals surface area contributed by atoms with Crippen LogP contribution in [0.5, 0.6) is 0 Å². The van der Waals surface area contributed by atoms with Gasteiger partial charge in [0.05, 0.1) is 5.56 Å². The predicted molar refractivity (Wildman–Crippen MR) is 120 cm³/mol. The highest BCUT2D eigenvalue weighted by atomic mass is 16.4. The van der Waals surface area contributed by atoms with Crippen LogP contribution in [-0.4, -0.2) is 5.91 Å². The van der Waals surface area contributed by atoms with Crippen LogP contribution in [0.2, 0.25) is 0 Å². The monoisotopic (exact) mass is 391 g/mol. The molecule has 5 rings (SSSR count). The molecule has 0 atom stereocenters. The molecule has 144 valence electrons. The lowest BCUT2D eigenvalue weighted by atomic mass is 10.0. The fourth-order valence-corrected chi connectivity index (χ4v) is 3.56. The first kappa shape index (κ1) is 17.9. The van der Waals surface area contributed by atoms with Crippen LogP contribution in [0.4, 0.5) is 5.69 Å². The first-order chi connectivity index (χ1) is 14.7. The van der Waals surface area contributed by atoms with Crippen molar-refractivity contribution in [2.24, 2.45) is 0 Å². The number of hydrogen-bond donors (Lipinski definition) is 1. The van der Waals surface area contributed by atoms with Crippen LogP contribution in [0.1, 0.15) is 10.4 Å². The van der Waals surface area contributed by atoms with Crippen LogP contribution in [0, 0.1) is 0 Å². The number of anilines is 1. The molecule has 1 heterocycles. The van der Waals surface area contributed by atoms with Crippen molar-refractivity contribution in [3.05, 3.63) is 113 Å². The maximum absolute atomic E-state index is 12.8. The number of rotatable bonds is 3. The number of amides is 1. The molecule has 4 nitrogen and oxygen atoms in total. The number of carbonyl (C=O) groups excluding carboxylic acids is 1. The molecule has 0 aliphatic rings. The molecule has 0 aliphatic carbocycles. The Morgan fingerprint density at radius 3 is 2.33 bits per heavy atom. The van der Waals surface area contributed by atoms with Crippen molar-refractivity contribution in [3.63, 3.8) is 0 Å². The van der Waals surface area contributed by atoms with Gasteiger partial charge in [-0.2, -0.15) is 0 Å². The number of para-hydroxylation sites is 1. The van der Waals surface area contributed by atoms with Crippen molar-refractivity contribution < 1.29 is 9.21 Å². The van der Waals surface area contributed by atoms with E-state index in [-0.39, 0.29) is 5.91 Å². The first-order valence-corrected chi connectivity index (χ1v) is 9.61. The van der Waals surface area contributed by atoms with Crippen molar-refractivity contribution in [1.29, 1.82) is 0 Å². The van der Waals surface area contributed by atoms with Gasteiger partial charge in [-0.15, -0.1) is 0 Å². The fourth-order valence-electron chi connectivity index (χ4n) is 3.56. The quantitative estimate of drug-likeness (QED) is 0.392. The minimum Gasteiger partial charge on any atom is -0.422 e. The molecule has 0 radical (unpaired) electrons. The third-order valence-electron chi connectivity index (χ3n) is 5.08. The summed E-state index contributed by atoms with van der Waals surface area (Å²) in [6.07, 6.45) is 0. The van der Waals surface area contributed by atoms with Crippen molar-refractivity contribution >= 4 is 33.3 Å². The Morgan fingerprint density at radius 2 is 1.47 bits per heavy atom. The summed E-state index contributed by atoms with van der Waals surface area (Å²) < 4.78 is 5.44. The number of nitrogens with one attached hydrogen (secondary N) is 1. The average molecular weight is 391 g/mol. The molecule has 0 spiro atoms. The standard InChI is InChI=1S/C26H17NO3/c28-25(21-13-12-17-6-1-2-7-18(17)14-21)27-22-10-5-9-19(15-22)23-16-20-8-3-4-11-24(20)30-26(23)29/h1-16H,(H,27,28). The Kier molecular flexibility index (Phi) is 4.37. The lowest BCUT2D eigenvalue weighted by Gasteiger charge is -2.09. The Balaban J connectivity index is 1.47. The molecule has 0 aliphatic heterocycles. The number of carbonyl (C=O) groups is 1. The predicted octanol–water partition coefficient (Wildman–Crippen LogP) is 5.87. The van der Waals surface area contributed by atoms with E-state index >= 15 is 0 Å². The number of fused-ring (bicyclic) bond motifs is 2. The van der Waals surface area contributed by atoms with Crippen LogP contribution >= 0.6 is 0 Å². The van der Waals surface area contributed by atoms with E-state index in [1.165, 1.54) is 0 Å². The third kappa shape index (κ3) is 3.35. The van der Waals surface area contributed by atoms with E-state index in [1.807, 2.05) is 66.7 Å². The summed E-state index contributed by atoms with van der Waals surface area (Å²) in [5, 5.41) is 5.85. The number of hydrogen-bond acceptors (Lipinski definition) is 3. The summed E-state index contributed by atoms with van der Waals surface area (Å²) in [7, 11) is 0. The van der Waals surface area contributed by atoms with Gasteiger partial charge < -0.3 is 9.73 Å². The average Bonchev–Trinajstić information content (AvgIpc) is 2.78.